The molecule has 0 atom stereocenters. The number of nitrogen functional groups attached to an aromatic ring is 1. The lowest BCUT2D eigenvalue weighted by molar-refractivity contribution is 0.0686. The molecule has 0 spiro atoms. The van der Waals surface area contributed by atoms with Gasteiger partial charge < -0.3 is 31.5 Å². The number of nitrogens with two attached hydrogens (primary N) is 1. The fourth-order valence-corrected chi connectivity index (χ4v) is 3.85. The van der Waals surface area contributed by atoms with Crippen LogP contribution in [-0.2, 0) is 0 Å². The largest absolute Gasteiger partial charge is 0.506 e. The average Bonchev–Trinajstić information content (AvgIpc) is 2.90. The van der Waals surface area contributed by atoms with Crippen LogP contribution in [0.15, 0.2) is 60.7 Å². The van der Waals surface area contributed by atoms with Crippen molar-refractivity contribution < 1.29 is 39.6 Å². The second kappa shape index (κ2) is 15.8. The third-order valence-corrected chi connectivity index (χ3v) is 5.78. The first-order chi connectivity index (χ1) is 20.1. The number of carboxylic acids is 2. The first kappa shape index (κ1) is 34.9. The van der Waals surface area contributed by atoms with Gasteiger partial charge in [0.05, 0.1) is 22.5 Å². The zero-order valence-corrected chi connectivity index (χ0v) is 24.8. The maximum Gasteiger partial charge on any atom is 0.335 e. The molecule has 0 saturated heterocycles. The van der Waals surface area contributed by atoms with Gasteiger partial charge in [0.25, 0.3) is 11.1 Å². The van der Waals surface area contributed by atoms with Gasteiger partial charge in [0, 0.05) is 11.1 Å². The van der Waals surface area contributed by atoms with Crippen molar-refractivity contribution in [2.45, 2.75) is 0 Å². The van der Waals surface area contributed by atoms with Crippen molar-refractivity contribution in [3.63, 3.8) is 0 Å². The molecule has 17 heteroatoms. The quantitative estimate of drug-likeness (QED) is 0.0577. The number of hydrogen-bond acceptors (Lipinski definition) is 9. The van der Waals surface area contributed by atoms with Crippen LogP contribution in [0.25, 0.3) is 0 Å². The van der Waals surface area contributed by atoms with Crippen molar-refractivity contribution in [1.29, 1.82) is 0 Å². The predicted molar refractivity (Wildman–Crippen MR) is 161 cm³/mol. The minimum atomic E-state index is -1.18. The molecule has 2 heterocycles. The van der Waals surface area contributed by atoms with Crippen LogP contribution in [0.5, 0.6) is 11.5 Å². The van der Waals surface area contributed by atoms with Crippen LogP contribution in [0, 0.1) is 0 Å². The topological polar surface area (TPSA) is 213 Å². The van der Waals surface area contributed by atoms with Crippen LogP contribution in [0.1, 0.15) is 41.4 Å². The number of benzene rings is 2. The van der Waals surface area contributed by atoms with Crippen molar-refractivity contribution in [3.8, 4) is 11.5 Å². The number of aromatic hydroxyl groups is 2. The number of rotatable bonds is 5. The highest BCUT2D eigenvalue weighted by Gasteiger charge is 2.13. The monoisotopic (exact) mass is 688 g/mol. The maximum absolute atomic E-state index is 12.0. The highest BCUT2D eigenvalue weighted by Crippen LogP contribution is 2.26. The minimum absolute atomic E-state index is 0.0247. The number of phenolic OH excluding ortho intramolecular Hbond substituents is 2. The molecule has 0 fully saturated rings. The van der Waals surface area contributed by atoms with E-state index in [2.05, 4.69) is 15.3 Å². The van der Waals surface area contributed by atoms with Gasteiger partial charge in [-0.3, -0.25) is 9.59 Å². The van der Waals surface area contributed by atoms with E-state index < -0.39 is 23.1 Å². The molecule has 1 amide bonds. The van der Waals surface area contributed by atoms with E-state index in [9.17, 15) is 24.3 Å². The molecule has 0 aliphatic heterocycles. The number of carbonyl (C=O) groups is 4. The number of phenols is 2. The van der Waals surface area contributed by atoms with E-state index in [1.54, 1.807) is 0 Å². The smallest absolute Gasteiger partial charge is 0.335 e. The van der Waals surface area contributed by atoms with Crippen molar-refractivity contribution in [2.75, 3.05) is 11.1 Å². The van der Waals surface area contributed by atoms with Gasteiger partial charge >= 0.3 is 11.9 Å². The van der Waals surface area contributed by atoms with Gasteiger partial charge in [0.15, 0.2) is 0 Å². The van der Waals surface area contributed by atoms with Crippen LogP contribution < -0.4 is 11.1 Å². The summed E-state index contributed by atoms with van der Waals surface area (Å²) in [6, 6.07) is 12.7. The molecule has 0 bridgehead atoms. The van der Waals surface area contributed by atoms with E-state index in [0.29, 0.717) is 0 Å². The molecular formula is C26H17Cl5N4O8. The van der Waals surface area contributed by atoms with E-state index >= 15 is 0 Å². The molecule has 4 rings (SSSR count). The Balaban J connectivity index is 0.000000247. The summed E-state index contributed by atoms with van der Waals surface area (Å²) in [6.45, 7) is 0. The molecule has 43 heavy (non-hydrogen) atoms. The van der Waals surface area contributed by atoms with Crippen LogP contribution in [0.4, 0.5) is 11.4 Å². The average molecular weight is 691 g/mol. The first-order valence-corrected chi connectivity index (χ1v) is 13.0. The number of nitrogens with zero attached hydrogens (tertiary/aromatic N) is 2. The Morgan fingerprint density at radius 2 is 1.05 bits per heavy atom. The van der Waals surface area contributed by atoms with Gasteiger partial charge in [0.2, 0.25) is 0 Å². The maximum atomic E-state index is 12.0. The summed E-state index contributed by atoms with van der Waals surface area (Å²) in [6.07, 6.45) is 0. The van der Waals surface area contributed by atoms with Crippen molar-refractivity contribution in [1.82, 2.24) is 9.97 Å². The van der Waals surface area contributed by atoms with Crippen LogP contribution >= 0.6 is 58.0 Å². The van der Waals surface area contributed by atoms with Crippen molar-refractivity contribution in [2.24, 2.45) is 0 Å². The number of aromatic nitrogens is 2. The first-order valence-electron chi connectivity index (χ1n) is 11.1. The summed E-state index contributed by atoms with van der Waals surface area (Å²) in [5, 5.41) is 38.1. The Bertz CT molecular complexity index is 1660. The van der Waals surface area contributed by atoms with Gasteiger partial charge in [-0.05, 0) is 72.3 Å². The molecule has 0 unspecified atom stereocenters. The number of carboxylic acid groups (broad SMARTS) is 2. The number of pyridine rings is 2. The molecule has 12 nitrogen and oxygen atoms in total. The molecule has 7 N–H and O–H groups in total. The summed E-state index contributed by atoms with van der Waals surface area (Å²) in [4.78, 5) is 51.0. The van der Waals surface area contributed by atoms with Crippen LogP contribution in [0.3, 0.4) is 0 Å². The van der Waals surface area contributed by atoms with E-state index in [1.165, 1.54) is 48.5 Å². The standard InChI is InChI=1S/C13H8Cl2N2O4.C7H7NO3.C6H2Cl3NO/c14-10-4-7(5-11(15)17-10)12(19)16-8-2-1-6(13(20)21)3-9(8)18;8-5-2-1-4(7(10)11)3-6(5)9;7-4-1-3(6(9)11)2-5(8)10-4/h1-5,18H,(H,16,19)(H,20,21);1-3,9H,8H2,(H,10,11);1-2H. The number of hydrogen-bond donors (Lipinski definition) is 6. The number of nitrogens with one attached hydrogen (secondary N) is 1. The number of halogens is 5. The molecule has 0 saturated carbocycles. The zero-order valence-electron chi connectivity index (χ0n) is 21.1. The lowest BCUT2D eigenvalue weighted by Crippen LogP contribution is -2.12. The Morgan fingerprint density at radius 1 is 0.628 bits per heavy atom. The summed E-state index contributed by atoms with van der Waals surface area (Å²) < 4.78 is 0. The second-order valence-corrected chi connectivity index (χ2v) is 9.74. The Hall–Kier alpha value is -4.33. The number of amides is 1. The lowest BCUT2D eigenvalue weighted by atomic mass is 10.2. The molecule has 4 aromatic rings. The van der Waals surface area contributed by atoms with Gasteiger partial charge in [-0.25, -0.2) is 19.6 Å². The van der Waals surface area contributed by atoms with Crippen LogP contribution in [0.2, 0.25) is 20.6 Å². The van der Waals surface area contributed by atoms with E-state index in [4.69, 9.17) is 79.1 Å². The highest BCUT2D eigenvalue weighted by atomic mass is 35.5. The molecule has 0 radical (unpaired) electrons. The van der Waals surface area contributed by atoms with Crippen LogP contribution in [-0.4, -0.2) is 53.5 Å². The van der Waals surface area contributed by atoms with Gasteiger partial charge in [-0.1, -0.05) is 46.4 Å². The number of anilines is 2. The molecule has 224 valence electrons. The van der Waals surface area contributed by atoms with E-state index in [1.807, 2.05) is 0 Å². The third kappa shape index (κ3) is 11.1. The normalized spacial score (nSPS) is 9.88. The summed E-state index contributed by atoms with van der Waals surface area (Å²) in [5.74, 6) is -3.41. The fraction of sp³-hybridized carbons (Fsp3) is 0. The predicted octanol–water partition coefficient (Wildman–Crippen LogP) is 6.48. The molecule has 0 aliphatic carbocycles. The van der Waals surface area contributed by atoms with E-state index in [0.717, 1.165) is 12.1 Å². The minimum Gasteiger partial charge on any atom is -0.506 e. The Kier molecular flexibility index (Phi) is 12.8. The van der Waals surface area contributed by atoms with Crippen molar-refractivity contribution >= 4 is 92.5 Å². The molecular weight excluding hydrogens is 674 g/mol. The Labute approximate surface area is 267 Å². The summed E-state index contributed by atoms with van der Waals surface area (Å²) >= 11 is 27.5. The zero-order chi connectivity index (χ0) is 32.4. The highest BCUT2D eigenvalue weighted by molar-refractivity contribution is 6.67. The van der Waals surface area contributed by atoms with Gasteiger partial charge in [-0.15, -0.1) is 0 Å². The number of carbonyl (C=O) groups excluding carboxylic acids is 2. The van der Waals surface area contributed by atoms with E-state index in [-0.39, 0.29) is 65.7 Å². The Morgan fingerprint density at radius 3 is 1.44 bits per heavy atom. The van der Waals surface area contributed by atoms with Crippen molar-refractivity contribution in [3.05, 3.63) is 104 Å². The lowest BCUT2D eigenvalue weighted by Gasteiger charge is -2.08. The summed E-state index contributed by atoms with van der Waals surface area (Å²) in [5.41, 5.74) is 5.82. The number of aromatic carboxylic acids is 2. The van der Waals surface area contributed by atoms with Gasteiger partial charge in [0.1, 0.15) is 32.1 Å². The second-order valence-electron chi connectivity index (χ2n) is 7.85. The SMILES string of the molecule is Nc1ccc(C(=O)O)cc1O.O=C(Cl)c1cc(Cl)nc(Cl)c1.O=C(O)c1ccc(NC(=O)c2cc(Cl)nc(Cl)c2)c(O)c1. The molecule has 2 aromatic heterocycles. The third-order valence-electron chi connectivity index (χ3n) is 4.79. The van der Waals surface area contributed by atoms with Gasteiger partial charge in [-0.2, -0.15) is 0 Å². The molecule has 2 aromatic carbocycles. The molecule has 0 aliphatic rings. The summed E-state index contributed by atoms with van der Waals surface area (Å²) in [7, 11) is 0. The fourth-order valence-electron chi connectivity index (χ4n) is 2.82.